The summed E-state index contributed by atoms with van der Waals surface area (Å²) in [5.41, 5.74) is 0.879. The molecular weight excluding hydrogens is 376 g/mol. The number of amides is 3. The quantitative estimate of drug-likeness (QED) is 0.547. The average Bonchev–Trinajstić information content (AvgIpc) is 3.33. The second kappa shape index (κ2) is 9.50. The van der Waals surface area contributed by atoms with Gasteiger partial charge in [0.15, 0.2) is 11.0 Å². The number of hydrogen-bond donors (Lipinski definition) is 2. The van der Waals surface area contributed by atoms with E-state index in [4.69, 9.17) is 0 Å². The summed E-state index contributed by atoms with van der Waals surface area (Å²) in [5, 5.41) is 13.8. The van der Waals surface area contributed by atoms with Gasteiger partial charge in [-0.1, -0.05) is 30.7 Å². The fourth-order valence-corrected chi connectivity index (χ4v) is 3.96. The van der Waals surface area contributed by atoms with Gasteiger partial charge in [0.2, 0.25) is 5.91 Å². The van der Waals surface area contributed by atoms with Gasteiger partial charge in [-0.2, -0.15) is 0 Å². The molecule has 9 heteroatoms. The Kier molecular flexibility index (Phi) is 6.80. The Morgan fingerprint density at radius 2 is 2.04 bits per heavy atom. The van der Waals surface area contributed by atoms with Crippen molar-refractivity contribution >= 4 is 23.7 Å². The molecular formula is C19H24N6O2S. The maximum atomic E-state index is 12.4. The first-order chi connectivity index (χ1) is 13.6. The van der Waals surface area contributed by atoms with Gasteiger partial charge in [0.25, 0.3) is 0 Å². The first-order valence-electron chi connectivity index (χ1n) is 9.31. The van der Waals surface area contributed by atoms with Crippen LogP contribution in [0.1, 0.15) is 32.6 Å². The van der Waals surface area contributed by atoms with Crippen LogP contribution in [0.2, 0.25) is 0 Å². The molecule has 0 radical (unpaired) electrons. The number of urea groups is 1. The second-order valence-corrected chi connectivity index (χ2v) is 7.95. The van der Waals surface area contributed by atoms with Gasteiger partial charge in [0, 0.05) is 30.5 Å². The third-order valence-corrected chi connectivity index (χ3v) is 5.63. The topological polar surface area (TPSA) is 102 Å². The lowest BCUT2D eigenvalue weighted by molar-refractivity contribution is -0.119. The summed E-state index contributed by atoms with van der Waals surface area (Å²) < 4.78 is 1.88. The van der Waals surface area contributed by atoms with Crippen molar-refractivity contribution in [1.82, 2.24) is 30.4 Å². The molecule has 28 heavy (non-hydrogen) atoms. The molecule has 8 nitrogen and oxygen atoms in total. The SMILES string of the molecule is C=CCn1c(S[C@H](C)C(=O)NC(=O)NC2CCCC2)nnc1-c1ccncc1. The molecule has 1 aliphatic carbocycles. The fraction of sp³-hybridized carbons (Fsp3) is 0.421. The molecule has 1 fully saturated rings. The van der Waals surface area contributed by atoms with Crippen LogP contribution in [0.15, 0.2) is 42.3 Å². The number of allylic oxidation sites excluding steroid dienone is 1. The molecule has 1 atom stereocenters. The highest BCUT2D eigenvalue weighted by Gasteiger charge is 2.23. The zero-order valence-corrected chi connectivity index (χ0v) is 16.6. The van der Waals surface area contributed by atoms with Gasteiger partial charge >= 0.3 is 6.03 Å². The van der Waals surface area contributed by atoms with Crippen LogP contribution < -0.4 is 10.6 Å². The summed E-state index contributed by atoms with van der Waals surface area (Å²) >= 11 is 1.25. The van der Waals surface area contributed by atoms with Crippen molar-refractivity contribution in [1.29, 1.82) is 0 Å². The van der Waals surface area contributed by atoms with E-state index in [0.717, 1.165) is 31.2 Å². The van der Waals surface area contributed by atoms with Crippen molar-refractivity contribution < 1.29 is 9.59 Å². The van der Waals surface area contributed by atoms with E-state index in [1.54, 1.807) is 25.4 Å². The molecule has 2 N–H and O–H groups in total. The highest BCUT2D eigenvalue weighted by Crippen LogP contribution is 2.26. The predicted molar refractivity (Wildman–Crippen MR) is 108 cm³/mol. The average molecular weight is 401 g/mol. The molecule has 2 heterocycles. The maximum Gasteiger partial charge on any atom is 0.321 e. The first kappa shape index (κ1) is 20.1. The summed E-state index contributed by atoms with van der Waals surface area (Å²) in [4.78, 5) is 28.4. The molecule has 148 valence electrons. The van der Waals surface area contributed by atoms with E-state index >= 15 is 0 Å². The minimum absolute atomic E-state index is 0.161. The van der Waals surface area contributed by atoms with Gasteiger partial charge < -0.3 is 5.32 Å². The van der Waals surface area contributed by atoms with Gasteiger partial charge in [0.05, 0.1) is 5.25 Å². The van der Waals surface area contributed by atoms with E-state index in [1.807, 2.05) is 16.7 Å². The van der Waals surface area contributed by atoms with Crippen LogP contribution in [0.5, 0.6) is 0 Å². The third-order valence-electron chi connectivity index (χ3n) is 4.55. The van der Waals surface area contributed by atoms with E-state index < -0.39 is 11.3 Å². The molecule has 3 rings (SSSR count). The zero-order valence-electron chi connectivity index (χ0n) is 15.8. The molecule has 2 aromatic heterocycles. The van der Waals surface area contributed by atoms with Crippen molar-refractivity contribution in [3.8, 4) is 11.4 Å². The van der Waals surface area contributed by atoms with Crippen molar-refractivity contribution in [2.24, 2.45) is 0 Å². The van der Waals surface area contributed by atoms with E-state index in [0.29, 0.717) is 17.5 Å². The molecule has 0 saturated heterocycles. The van der Waals surface area contributed by atoms with E-state index in [9.17, 15) is 9.59 Å². The molecule has 0 aliphatic heterocycles. The normalized spacial score (nSPS) is 15.2. The summed E-state index contributed by atoms with van der Waals surface area (Å²) in [6.07, 6.45) is 9.29. The number of hydrogen-bond acceptors (Lipinski definition) is 6. The maximum absolute atomic E-state index is 12.4. The zero-order chi connectivity index (χ0) is 19.9. The molecule has 2 aromatic rings. The number of nitrogens with zero attached hydrogens (tertiary/aromatic N) is 4. The largest absolute Gasteiger partial charge is 0.335 e. The Morgan fingerprint density at radius 3 is 2.71 bits per heavy atom. The minimum atomic E-state index is -0.507. The van der Waals surface area contributed by atoms with Gasteiger partial charge in [-0.05, 0) is 31.9 Å². The van der Waals surface area contributed by atoms with Gasteiger partial charge in [-0.15, -0.1) is 16.8 Å². The standard InChI is InChI=1S/C19H24N6O2S/c1-3-12-25-16(14-8-10-20-11-9-14)23-24-19(25)28-13(2)17(26)22-18(27)21-15-6-4-5-7-15/h3,8-11,13,15H,1,4-7,12H2,2H3,(H2,21,22,26,27)/t13-/m1/s1. The van der Waals surface area contributed by atoms with Crippen molar-refractivity contribution in [3.05, 3.63) is 37.2 Å². The fourth-order valence-electron chi connectivity index (χ4n) is 3.10. The summed E-state index contributed by atoms with van der Waals surface area (Å²) in [5.74, 6) is 0.315. The lowest BCUT2D eigenvalue weighted by atomic mass is 10.2. The predicted octanol–water partition coefficient (Wildman–Crippen LogP) is 2.78. The Hall–Kier alpha value is -2.68. The third kappa shape index (κ3) is 4.98. The van der Waals surface area contributed by atoms with Crippen LogP contribution in [0.3, 0.4) is 0 Å². The number of carbonyl (C=O) groups is 2. The number of nitrogens with one attached hydrogen (secondary N) is 2. The van der Waals surface area contributed by atoms with Crippen LogP contribution in [-0.2, 0) is 11.3 Å². The highest BCUT2D eigenvalue weighted by molar-refractivity contribution is 8.00. The lowest BCUT2D eigenvalue weighted by Gasteiger charge is -2.15. The Bertz CT molecular complexity index is 832. The summed E-state index contributed by atoms with van der Waals surface area (Å²) in [6.45, 7) is 6.03. The van der Waals surface area contributed by atoms with Crippen molar-refractivity contribution in [3.63, 3.8) is 0 Å². The molecule has 0 bridgehead atoms. The molecule has 0 aromatic carbocycles. The van der Waals surface area contributed by atoms with Crippen molar-refractivity contribution in [2.75, 3.05) is 0 Å². The number of pyridine rings is 1. The van der Waals surface area contributed by atoms with Gasteiger partial charge in [0.1, 0.15) is 0 Å². The molecule has 0 spiro atoms. The monoisotopic (exact) mass is 400 g/mol. The van der Waals surface area contributed by atoms with E-state index in [-0.39, 0.29) is 11.9 Å². The second-order valence-electron chi connectivity index (χ2n) is 6.65. The Labute approximate surface area is 168 Å². The smallest absolute Gasteiger partial charge is 0.321 e. The first-order valence-corrected chi connectivity index (χ1v) is 10.2. The number of carbonyl (C=O) groups excluding carboxylic acids is 2. The van der Waals surface area contributed by atoms with Gasteiger partial charge in [-0.25, -0.2) is 4.79 Å². The highest BCUT2D eigenvalue weighted by atomic mass is 32.2. The number of rotatable bonds is 7. The van der Waals surface area contributed by atoms with E-state index in [2.05, 4.69) is 32.4 Å². The van der Waals surface area contributed by atoms with Crippen LogP contribution in [0, 0.1) is 0 Å². The molecule has 3 amide bonds. The Balaban J connectivity index is 1.65. The van der Waals surface area contributed by atoms with Crippen LogP contribution >= 0.6 is 11.8 Å². The van der Waals surface area contributed by atoms with Crippen LogP contribution in [-0.4, -0.2) is 43.0 Å². The van der Waals surface area contributed by atoms with Crippen molar-refractivity contribution in [2.45, 2.75) is 55.6 Å². The molecule has 1 aliphatic rings. The van der Waals surface area contributed by atoms with Crippen LogP contribution in [0.4, 0.5) is 4.79 Å². The van der Waals surface area contributed by atoms with E-state index in [1.165, 1.54) is 11.8 Å². The number of aromatic nitrogens is 4. The molecule has 1 saturated carbocycles. The summed E-state index contributed by atoms with van der Waals surface area (Å²) in [7, 11) is 0. The Morgan fingerprint density at radius 1 is 1.32 bits per heavy atom. The summed E-state index contributed by atoms with van der Waals surface area (Å²) in [6, 6.07) is 3.42. The lowest BCUT2D eigenvalue weighted by Crippen LogP contribution is -2.45. The number of imide groups is 1. The molecule has 0 unspecified atom stereocenters. The number of thioether (sulfide) groups is 1. The van der Waals surface area contributed by atoms with Crippen LogP contribution in [0.25, 0.3) is 11.4 Å². The van der Waals surface area contributed by atoms with Gasteiger partial charge in [-0.3, -0.25) is 19.7 Å². The minimum Gasteiger partial charge on any atom is -0.335 e.